The van der Waals surface area contributed by atoms with E-state index in [1.165, 1.54) is 11.0 Å². The molecule has 1 N–H and O–H groups in total. The Morgan fingerprint density at radius 3 is 2.71 bits per heavy atom. The highest BCUT2D eigenvalue weighted by atomic mass is 32.2. The lowest BCUT2D eigenvalue weighted by molar-refractivity contribution is -0.402. The van der Waals surface area contributed by atoms with Crippen LogP contribution in [0.2, 0.25) is 0 Å². The van der Waals surface area contributed by atoms with E-state index in [1.54, 1.807) is 0 Å². The summed E-state index contributed by atoms with van der Waals surface area (Å²) in [4.78, 5) is 47.3. The number of thioether (sulfide) groups is 1. The molecule has 0 bridgehead atoms. The minimum Gasteiger partial charge on any atom is -0.395 e. The monoisotopic (exact) mass is 353 g/mol. The van der Waals surface area contributed by atoms with E-state index >= 15 is 0 Å². The van der Waals surface area contributed by atoms with Crippen LogP contribution in [0.5, 0.6) is 0 Å². The number of nitro groups is 1. The van der Waals surface area contributed by atoms with E-state index in [-0.39, 0.29) is 34.7 Å². The fourth-order valence-electron chi connectivity index (χ4n) is 3.06. The normalized spacial score (nSPS) is 24.2. The molecule has 1 aliphatic carbocycles. The number of carbonyl (C=O) groups is 3. The van der Waals surface area contributed by atoms with E-state index in [1.807, 2.05) is 0 Å². The number of hydrogen-bond acceptors (Lipinski definition) is 7. The molecule has 0 aromatic carbocycles. The number of carbonyl (C=O) groups excluding carboxylic acids is 3. The van der Waals surface area contributed by atoms with Gasteiger partial charge in [-0.25, -0.2) is 0 Å². The van der Waals surface area contributed by atoms with Crippen LogP contribution in [-0.4, -0.2) is 44.7 Å². The molecule has 0 radical (unpaired) electrons. The summed E-state index contributed by atoms with van der Waals surface area (Å²) >= 11 is 0.962. The lowest BCUT2D eigenvalue weighted by Crippen LogP contribution is -2.54. The van der Waals surface area contributed by atoms with Crippen LogP contribution in [0.3, 0.4) is 0 Å². The highest BCUT2D eigenvalue weighted by molar-refractivity contribution is 8.14. The van der Waals surface area contributed by atoms with Crippen LogP contribution < -0.4 is 5.32 Å². The van der Waals surface area contributed by atoms with Gasteiger partial charge in [0.15, 0.2) is 5.76 Å². The zero-order valence-electron chi connectivity index (χ0n) is 12.6. The van der Waals surface area contributed by atoms with Gasteiger partial charge in [-0.15, -0.1) is 0 Å². The van der Waals surface area contributed by atoms with E-state index in [9.17, 15) is 24.5 Å². The lowest BCUT2D eigenvalue weighted by atomic mass is 9.89. The molecule has 3 amide bonds. The molecule has 2 heterocycles. The first-order chi connectivity index (χ1) is 11.5. The minimum atomic E-state index is -0.723. The van der Waals surface area contributed by atoms with E-state index in [0.717, 1.165) is 30.7 Å². The third-order valence-electron chi connectivity index (χ3n) is 4.16. The Morgan fingerprint density at radius 1 is 1.33 bits per heavy atom. The largest absolute Gasteiger partial charge is 0.433 e. The molecular weight excluding hydrogens is 338 g/mol. The Labute approximate surface area is 140 Å². The van der Waals surface area contributed by atoms with Crippen LogP contribution in [0.15, 0.2) is 16.5 Å². The standard InChI is InChI=1S/C14H15N3O6S/c18-11-7-24-14(20)16(11)9-4-2-1-3-8(9)15-13(19)10-5-6-12(23-10)17(21)22/h5-6,8-9H,1-4,7H2,(H,15,19). The second-order valence-electron chi connectivity index (χ2n) is 5.65. The van der Waals surface area contributed by atoms with E-state index in [4.69, 9.17) is 4.42 Å². The van der Waals surface area contributed by atoms with Crippen molar-refractivity contribution in [1.29, 1.82) is 0 Å². The first-order valence-electron chi connectivity index (χ1n) is 7.51. The Kier molecular flexibility index (Phi) is 4.56. The van der Waals surface area contributed by atoms with Gasteiger partial charge in [-0.2, -0.15) is 0 Å². The molecule has 1 aromatic heterocycles. The Morgan fingerprint density at radius 2 is 2.08 bits per heavy atom. The van der Waals surface area contributed by atoms with Gasteiger partial charge in [0.25, 0.3) is 11.1 Å². The Bertz CT molecular complexity index is 686. The van der Waals surface area contributed by atoms with E-state index in [2.05, 4.69) is 5.32 Å². The summed E-state index contributed by atoms with van der Waals surface area (Å²) in [6.07, 6.45) is 2.98. The third kappa shape index (κ3) is 3.14. The van der Waals surface area contributed by atoms with Crippen molar-refractivity contribution in [2.45, 2.75) is 37.8 Å². The first-order valence-corrected chi connectivity index (χ1v) is 8.50. The molecule has 2 aliphatic rings. The van der Waals surface area contributed by atoms with Crippen molar-refractivity contribution in [3.05, 3.63) is 28.0 Å². The van der Waals surface area contributed by atoms with Gasteiger partial charge in [-0.3, -0.25) is 29.4 Å². The van der Waals surface area contributed by atoms with Crippen LogP contribution in [-0.2, 0) is 4.79 Å². The summed E-state index contributed by atoms with van der Waals surface area (Å²) in [7, 11) is 0. The molecule has 2 unspecified atom stereocenters. The smallest absolute Gasteiger partial charge is 0.395 e. The molecule has 3 rings (SSSR count). The summed E-state index contributed by atoms with van der Waals surface area (Å²) in [6, 6.07) is 1.56. The van der Waals surface area contributed by atoms with Crippen LogP contribution >= 0.6 is 11.8 Å². The maximum Gasteiger partial charge on any atom is 0.433 e. The average Bonchev–Trinajstić information content (AvgIpc) is 3.16. The van der Waals surface area contributed by atoms with E-state index < -0.39 is 16.7 Å². The van der Waals surface area contributed by atoms with Crippen molar-refractivity contribution in [2.75, 3.05) is 5.75 Å². The topological polar surface area (TPSA) is 123 Å². The molecular formula is C14H15N3O6S. The molecule has 2 atom stereocenters. The van der Waals surface area contributed by atoms with Gasteiger partial charge in [0.2, 0.25) is 5.91 Å². The maximum atomic E-state index is 12.3. The maximum absolute atomic E-state index is 12.3. The summed E-state index contributed by atoms with van der Waals surface area (Å²) in [5.41, 5.74) is 0. The van der Waals surface area contributed by atoms with Crippen LogP contribution in [0.25, 0.3) is 0 Å². The van der Waals surface area contributed by atoms with Gasteiger partial charge >= 0.3 is 5.88 Å². The molecule has 1 aromatic rings. The van der Waals surface area contributed by atoms with E-state index in [0.29, 0.717) is 12.8 Å². The molecule has 9 nitrogen and oxygen atoms in total. The SMILES string of the molecule is O=C(NC1CCCCC1N1C(=O)CSC1=O)c1ccc([N+](=O)[O-])o1. The summed E-state index contributed by atoms with van der Waals surface area (Å²) < 4.78 is 4.89. The number of amides is 3. The van der Waals surface area contributed by atoms with Crippen molar-refractivity contribution >= 4 is 34.7 Å². The highest BCUT2D eigenvalue weighted by Crippen LogP contribution is 2.30. The highest BCUT2D eigenvalue weighted by Gasteiger charge is 2.41. The zero-order chi connectivity index (χ0) is 17.3. The number of nitrogens with zero attached hydrogens (tertiary/aromatic N) is 2. The van der Waals surface area contributed by atoms with Crippen molar-refractivity contribution < 1.29 is 23.7 Å². The lowest BCUT2D eigenvalue weighted by Gasteiger charge is -2.36. The molecule has 10 heteroatoms. The fraction of sp³-hybridized carbons (Fsp3) is 0.500. The number of furan rings is 1. The molecule has 0 spiro atoms. The molecule has 1 saturated carbocycles. The second kappa shape index (κ2) is 6.63. The van der Waals surface area contributed by atoms with Crippen LogP contribution in [0.1, 0.15) is 36.2 Å². The number of hydrogen-bond donors (Lipinski definition) is 1. The van der Waals surface area contributed by atoms with Gasteiger partial charge in [0, 0.05) is 0 Å². The second-order valence-corrected chi connectivity index (χ2v) is 6.57. The Hall–Kier alpha value is -2.36. The van der Waals surface area contributed by atoms with Gasteiger partial charge in [-0.05, 0) is 18.9 Å². The average molecular weight is 353 g/mol. The van der Waals surface area contributed by atoms with Crippen molar-refractivity contribution in [3.63, 3.8) is 0 Å². The third-order valence-corrected chi connectivity index (χ3v) is 4.99. The summed E-state index contributed by atoms with van der Waals surface area (Å²) in [6.45, 7) is 0. The Balaban J connectivity index is 1.73. The summed E-state index contributed by atoms with van der Waals surface area (Å²) in [5, 5.41) is 13.1. The van der Waals surface area contributed by atoms with Crippen LogP contribution in [0.4, 0.5) is 10.7 Å². The minimum absolute atomic E-state index is 0.125. The van der Waals surface area contributed by atoms with Crippen LogP contribution in [0, 0.1) is 10.1 Å². The zero-order valence-corrected chi connectivity index (χ0v) is 13.4. The number of nitrogens with one attached hydrogen (secondary N) is 1. The molecule has 128 valence electrons. The summed E-state index contributed by atoms with van der Waals surface area (Å²) in [5.74, 6) is -1.39. The van der Waals surface area contributed by atoms with Gasteiger partial charge in [0.05, 0.1) is 23.9 Å². The fourth-order valence-corrected chi connectivity index (χ4v) is 3.82. The number of rotatable bonds is 4. The molecule has 2 fully saturated rings. The van der Waals surface area contributed by atoms with Crippen molar-refractivity contribution in [3.8, 4) is 0 Å². The number of imide groups is 1. The first kappa shape index (κ1) is 16.5. The molecule has 24 heavy (non-hydrogen) atoms. The van der Waals surface area contributed by atoms with Gasteiger partial charge in [0.1, 0.15) is 4.92 Å². The predicted molar refractivity (Wildman–Crippen MR) is 83.6 cm³/mol. The molecule has 1 saturated heterocycles. The van der Waals surface area contributed by atoms with Crippen molar-refractivity contribution in [1.82, 2.24) is 10.2 Å². The molecule has 1 aliphatic heterocycles. The van der Waals surface area contributed by atoms with Crippen molar-refractivity contribution in [2.24, 2.45) is 0 Å². The quantitative estimate of drug-likeness (QED) is 0.648. The van der Waals surface area contributed by atoms with Gasteiger partial charge in [-0.1, -0.05) is 24.6 Å². The van der Waals surface area contributed by atoms with Gasteiger partial charge < -0.3 is 9.73 Å². The predicted octanol–water partition coefficient (Wildman–Crippen LogP) is 1.92.